The molecular formula is C23H24N2O2. The quantitative estimate of drug-likeness (QED) is 0.706. The van der Waals surface area contributed by atoms with E-state index in [-0.39, 0.29) is 11.9 Å². The number of carbonyl (C=O) groups is 1. The predicted molar refractivity (Wildman–Crippen MR) is 108 cm³/mol. The van der Waals surface area contributed by atoms with Gasteiger partial charge in [0.25, 0.3) is 5.91 Å². The van der Waals surface area contributed by atoms with Crippen LogP contribution in [0.15, 0.2) is 60.7 Å². The average molecular weight is 360 g/mol. The van der Waals surface area contributed by atoms with Crippen molar-refractivity contribution in [1.82, 2.24) is 10.3 Å². The summed E-state index contributed by atoms with van der Waals surface area (Å²) in [5.74, 6) is 0.680. The van der Waals surface area contributed by atoms with Crippen molar-refractivity contribution < 1.29 is 9.53 Å². The van der Waals surface area contributed by atoms with Crippen LogP contribution in [0.3, 0.4) is 0 Å². The number of amides is 1. The molecule has 0 radical (unpaired) electrons. The first-order chi connectivity index (χ1) is 13.0. The van der Waals surface area contributed by atoms with Crippen molar-refractivity contribution in [3.8, 4) is 16.9 Å². The number of pyridine rings is 1. The molecular weight excluding hydrogens is 336 g/mol. The minimum absolute atomic E-state index is 0.0982. The number of carbonyl (C=O) groups excluding carboxylic acids is 1. The number of rotatable bonds is 5. The Kier molecular flexibility index (Phi) is 5.55. The Hall–Kier alpha value is -3.14. The fraction of sp³-hybridized carbons (Fsp3) is 0.217. The van der Waals surface area contributed by atoms with Gasteiger partial charge in [0.05, 0.1) is 13.2 Å². The molecule has 0 aliphatic rings. The third-order valence-corrected chi connectivity index (χ3v) is 4.50. The van der Waals surface area contributed by atoms with E-state index in [9.17, 15) is 4.79 Å². The van der Waals surface area contributed by atoms with Crippen molar-refractivity contribution in [2.75, 3.05) is 7.11 Å². The van der Waals surface area contributed by atoms with Gasteiger partial charge in [-0.25, -0.2) is 0 Å². The summed E-state index contributed by atoms with van der Waals surface area (Å²) in [6, 6.07) is 19.4. The van der Waals surface area contributed by atoms with Crippen LogP contribution >= 0.6 is 0 Å². The average Bonchev–Trinajstić information content (AvgIpc) is 2.67. The molecule has 0 aliphatic heterocycles. The van der Waals surface area contributed by atoms with Gasteiger partial charge >= 0.3 is 0 Å². The second kappa shape index (κ2) is 8.04. The maximum absolute atomic E-state index is 12.6. The van der Waals surface area contributed by atoms with E-state index >= 15 is 0 Å². The van der Waals surface area contributed by atoms with Crippen LogP contribution in [0.4, 0.5) is 0 Å². The highest BCUT2D eigenvalue weighted by atomic mass is 16.5. The van der Waals surface area contributed by atoms with E-state index in [1.807, 2.05) is 81.4 Å². The molecule has 1 atom stereocenters. The lowest BCUT2D eigenvalue weighted by molar-refractivity contribution is 0.0940. The fourth-order valence-corrected chi connectivity index (χ4v) is 3.09. The lowest BCUT2D eigenvalue weighted by atomic mass is 10.0. The van der Waals surface area contributed by atoms with E-state index in [1.165, 1.54) is 0 Å². The molecule has 2 aromatic carbocycles. The van der Waals surface area contributed by atoms with Gasteiger partial charge in [-0.05, 0) is 73.9 Å². The van der Waals surface area contributed by atoms with E-state index in [4.69, 9.17) is 4.74 Å². The Labute approximate surface area is 160 Å². The molecule has 1 unspecified atom stereocenters. The number of benzene rings is 2. The van der Waals surface area contributed by atoms with E-state index in [2.05, 4.69) is 10.3 Å². The highest BCUT2D eigenvalue weighted by Gasteiger charge is 2.12. The lowest BCUT2D eigenvalue weighted by Crippen LogP contribution is -2.26. The number of ether oxygens (including phenoxy) is 1. The summed E-state index contributed by atoms with van der Waals surface area (Å²) in [4.78, 5) is 17.0. The molecule has 0 saturated carbocycles. The molecule has 3 rings (SSSR count). The van der Waals surface area contributed by atoms with Crippen LogP contribution < -0.4 is 10.1 Å². The largest absolute Gasteiger partial charge is 0.497 e. The van der Waals surface area contributed by atoms with Gasteiger partial charge in [-0.15, -0.1) is 0 Å². The summed E-state index contributed by atoms with van der Waals surface area (Å²) in [6.45, 7) is 5.93. The zero-order chi connectivity index (χ0) is 19.4. The second-order valence-electron chi connectivity index (χ2n) is 6.69. The molecule has 1 amide bonds. The molecule has 0 saturated heterocycles. The molecule has 27 heavy (non-hydrogen) atoms. The molecule has 0 fully saturated rings. The molecule has 1 heterocycles. The van der Waals surface area contributed by atoms with Crippen LogP contribution in [0, 0.1) is 13.8 Å². The SMILES string of the molecule is COc1cccc(C(C)NC(=O)c2ccc(-c3cc(C)nc(C)c3)cc2)c1. The summed E-state index contributed by atoms with van der Waals surface area (Å²) < 4.78 is 5.25. The van der Waals surface area contributed by atoms with Crippen molar-refractivity contribution in [2.45, 2.75) is 26.8 Å². The second-order valence-corrected chi connectivity index (χ2v) is 6.69. The minimum atomic E-state index is -0.113. The molecule has 0 aliphatic carbocycles. The Balaban J connectivity index is 1.73. The smallest absolute Gasteiger partial charge is 0.251 e. The number of nitrogens with zero attached hydrogens (tertiary/aromatic N) is 1. The van der Waals surface area contributed by atoms with Crippen LogP contribution in [-0.4, -0.2) is 18.0 Å². The lowest BCUT2D eigenvalue weighted by Gasteiger charge is -2.15. The highest BCUT2D eigenvalue weighted by molar-refractivity contribution is 5.95. The molecule has 3 aromatic rings. The van der Waals surface area contributed by atoms with Gasteiger partial charge in [0.2, 0.25) is 0 Å². The zero-order valence-electron chi connectivity index (χ0n) is 16.1. The number of aryl methyl sites for hydroxylation is 2. The number of methoxy groups -OCH3 is 1. The highest BCUT2D eigenvalue weighted by Crippen LogP contribution is 2.22. The van der Waals surface area contributed by atoms with Crippen LogP contribution in [0.1, 0.15) is 40.3 Å². The first kappa shape index (κ1) is 18.6. The molecule has 0 bridgehead atoms. The molecule has 4 heteroatoms. The van der Waals surface area contributed by atoms with Crippen molar-refractivity contribution >= 4 is 5.91 Å². The maximum Gasteiger partial charge on any atom is 0.251 e. The third kappa shape index (κ3) is 4.53. The zero-order valence-corrected chi connectivity index (χ0v) is 16.1. The Bertz CT molecular complexity index is 929. The van der Waals surface area contributed by atoms with Gasteiger partial charge in [-0.2, -0.15) is 0 Å². The normalized spacial score (nSPS) is 11.7. The van der Waals surface area contributed by atoms with Gasteiger partial charge in [0.1, 0.15) is 5.75 Å². The first-order valence-electron chi connectivity index (χ1n) is 8.97. The van der Waals surface area contributed by atoms with E-state index in [1.54, 1.807) is 7.11 Å². The van der Waals surface area contributed by atoms with Crippen LogP contribution in [0.5, 0.6) is 5.75 Å². The standard InChI is InChI=1S/C23H24N2O2/c1-15-12-21(13-16(2)24-15)18-8-10-19(11-9-18)23(26)25-17(3)20-6-5-7-22(14-20)27-4/h5-14,17H,1-4H3,(H,25,26). The van der Waals surface area contributed by atoms with Crippen LogP contribution in [0.25, 0.3) is 11.1 Å². The van der Waals surface area contributed by atoms with E-state index < -0.39 is 0 Å². The maximum atomic E-state index is 12.6. The summed E-state index contributed by atoms with van der Waals surface area (Å²) in [5, 5.41) is 3.04. The topological polar surface area (TPSA) is 51.2 Å². The van der Waals surface area contributed by atoms with E-state index in [0.717, 1.165) is 33.8 Å². The monoisotopic (exact) mass is 360 g/mol. The number of nitrogens with one attached hydrogen (secondary N) is 1. The number of aromatic nitrogens is 1. The third-order valence-electron chi connectivity index (χ3n) is 4.50. The number of hydrogen-bond acceptors (Lipinski definition) is 3. The first-order valence-corrected chi connectivity index (χ1v) is 8.97. The van der Waals surface area contributed by atoms with E-state index in [0.29, 0.717) is 5.56 Å². The Morgan fingerprint density at radius 2 is 1.63 bits per heavy atom. The van der Waals surface area contributed by atoms with Crippen molar-refractivity contribution in [3.63, 3.8) is 0 Å². The molecule has 1 aromatic heterocycles. The summed E-state index contributed by atoms with van der Waals surface area (Å²) in [6.07, 6.45) is 0. The van der Waals surface area contributed by atoms with Crippen LogP contribution in [0.2, 0.25) is 0 Å². The predicted octanol–water partition coefficient (Wildman–Crippen LogP) is 4.87. The molecule has 138 valence electrons. The fourth-order valence-electron chi connectivity index (χ4n) is 3.09. The van der Waals surface area contributed by atoms with Crippen molar-refractivity contribution in [3.05, 3.63) is 83.2 Å². The van der Waals surface area contributed by atoms with Gasteiger partial charge in [-0.3, -0.25) is 9.78 Å². The van der Waals surface area contributed by atoms with Gasteiger partial charge in [-0.1, -0.05) is 24.3 Å². The summed E-state index contributed by atoms with van der Waals surface area (Å²) in [5.41, 5.74) is 5.79. The Morgan fingerprint density at radius 3 is 2.26 bits per heavy atom. The molecule has 4 nitrogen and oxygen atoms in total. The van der Waals surface area contributed by atoms with Crippen molar-refractivity contribution in [1.29, 1.82) is 0 Å². The summed E-state index contributed by atoms with van der Waals surface area (Å²) in [7, 11) is 1.63. The molecule has 0 spiro atoms. The Morgan fingerprint density at radius 1 is 0.963 bits per heavy atom. The van der Waals surface area contributed by atoms with Crippen molar-refractivity contribution in [2.24, 2.45) is 0 Å². The molecule has 1 N–H and O–H groups in total. The van der Waals surface area contributed by atoms with Gasteiger partial charge in [0.15, 0.2) is 0 Å². The van der Waals surface area contributed by atoms with Crippen LogP contribution in [-0.2, 0) is 0 Å². The van der Waals surface area contributed by atoms with Gasteiger partial charge < -0.3 is 10.1 Å². The summed E-state index contributed by atoms with van der Waals surface area (Å²) >= 11 is 0. The van der Waals surface area contributed by atoms with Gasteiger partial charge in [0, 0.05) is 17.0 Å². The minimum Gasteiger partial charge on any atom is -0.497 e. The number of hydrogen-bond donors (Lipinski definition) is 1.